The second kappa shape index (κ2) is 5.25. The van der Waals surface area contributed by atoms with Crippen LogP contribution in [-0.2, 0) is 6.42 Å². The van der Waals surface area contributed by atoms with Crippen molar-refractivity contribution in [2.75, 3.05) is 6.54 Å². The molecule has 2 atom stereocenters. The van der Waals surface area contributed by atoms with Gasteiger partial charge in [-0.3, -0.25) is 4.40 Å². The van der Waals surface area contributed by atoms with Crippen LogP contribution in [0.2, 0.25) is 0 Å². The first-order valence-electron chi connectivity index (χ1n) is 7.33. The van der Waals surface area contributed by atoms with Crippen LogP contribution in [0.25, 0.3) is 4.96 Å². The predicted molar refractivity (Wildman–Crippen MR) is 80.8 cm³/mol. The topological polar surface area (TPSA) is 29.3 Å². The molecule has 1 fully saturated rings. The number of thiazole rings is 1. The maximum Gasteiger partial charge on any atom is 0.193 e. The van der Waals surface area contributed by atoms with E-state index in [0.717, 1.165) is 17.9 Å². The molecule has 0 spiro atoms. The van der Waals surface area contributed by atoms with Crippen LogP contribution < -0.4 is 5.32 Å². The Balaban J connectivity index is 1.64. The molecule has 0 bridgehead atoms. The van der Waals surface area contributed by atoms with Gasteiger partial charge in [-0.05, 0) is 44.1 Å². The molecule has 2 unspecified atom stereocenters. The van der Waals surface area contributed by atoms with Crippen molar-refractivity contribution in [2.24, 2.45) is 5.41 Å². The summed E-state index contributed by atoms with van der Waals surface area (Å²) in [5, 5.41) is 5.76. The molecule has 2 aromatic heterocycles. The number of aromatic nitrogens is 2. The number of nitrogens with one attached hydrogen (secondary N) is 1. The second-order valence-electron chi connectivity index (χ2n) is 6.21. The Morgan fingerprint density at radius 3 is 3.26 bits per heavy atom. The molecular formula is C15H23N3S. The molecule has 1 aliphatic carbocycles. The molecule has 0 aliphatic heterocycles. The first kappa shape index (κ1) is 13.1. The lowest BCUT2D eigenvalue weighted by molar-refractivity contribution is 0.319. The van der Waals surface area contributed by atoms with Crippen LogP contribution in [0.4, 0.5) is 0 Å². The van der Waals surface area contributed by atoms with Gasteiger partial charge in [-0.25, -0.2) is 4.98 Å². The van der Waals surface area contributed by atoms with Gasteiger partial charge in [-0.1, -0.05) is 13.8 Å². The van der Waals surface area contributed by atoms with Gasteiger partial charge < -0.3 is 5.32 Å². The Morgan fingerprint density at radius 1 is 1.58 bits per heavy atom. The first-order valence-corrected chi connectivity index (χ1v) is 8.21. The van der Waals surface area contributed by atoms with Gasteiger partial charge in [0.05, 0.1) is 5.69 Å². The maximum atomic E-state index is 4.73. The highest BCUT2D eigenvalue weighted by Crippen LogP contribution is 2.40. The smallest absolute Gasteiger partial charge is 0.193 e. The van der Waals surface area contributed by atoms with Gasteiger partial charge >= 0.3 is 0 Å². The van der Waals surface area contributed by atoms with E-state index in [-0.39, 0.29) is 0 Å². The molecule has 19 heavy (non-hydrogen) atoms. The van der Waals surface area contributed by atoms with Crippen molar-refractivity contribution in [1.29, 1.82) is 0 Å². The minimum absolute atomic E-state index is 0.426. The van der Waals surface area contributed by atoms with E-state index in [9.17, 15) is 0 Å². The van der Waals surface area contributed by atoms with Gasteiger partial charge in [0.1, 0.15) is 0 Å². The fourth-order valence-electron chi connectivity index (χ4n) is 3.30. The Labute approximate surface area is 119 Å². The summed E-state index contributed by atoms with van der Waals surface area (Å²) < 4.78 is 2.14. The lowest BCUT2D eigenvalue weighted by atomic mass is 9.84. The molecule has 2 heterocycles. The monoisotopic (exact) mass is 277 g/mol. The van der Waals surface area contributed by atoms with Crippen molar-refractivity contribution in [1.82, 2.24) is 14.7 Å². The molecular weight excluding hydrogens is 254 g/mol. The minimum atomic E-state index is 0.426. The molecule has 1 saturated carbocycles. The fourth-order valence-corrected chi connectivity index (χ4v) is 4.02. The third-order valence-electron chi connectivity index (χ3n) is 4.27. The van der Waals surface area contributed by atoms with Gasteiger partial charge in [-0.2, -0.15) is 0 Å². The minimum Gasteiger partial charge on any atom is -0.314 e. The highest BCUT2D eigenvalue weighted by atomic mass is 32.1. The third kappa shape index (κ3) is 2.84. The molecule has 0 saturated heterocycles. The van der Waals surface area contributed by atoms with Crippen LogP contribution in [0.1, 0.15) is 45.2 Å². The number of rotatable bonds is 5. The van der Waals surface area contributed by atoms with Crippen LogP contribution >= 0.6 is 11.3 Å². The van der Waals surface area contributed by atoms with Crippen molar-refractivity contribution in [3.63, 3.8) is 0 Å². The zero-order valence-electron chi connectivity index (χ0n) is 11.9. The average molecular weight is 277 g/mol. The SMILES string of the molecule is CCCNC1CCC(C)(Cc2cn3ccsc3n2)C1. The summed E-state index contributed by atoms with van der Waals surface area (Å²) in [6.45, 7) is 5.81. The summed E-state index contributed by atoms with van der Waals surface area (Å²) in [5.41, 5.74) is 1.68. The summed E-state index contributed by atoms with van der Waals surface area (Å²) in [6.07, 6.45) is 10.6. The van der Waals surface area contributed by atoms with Crippen LogP contribution in [0, 0.1) is 5.41 Å². The Morgan fingerprint density at radius 2 is 2.47 bits per heavy atom. The molecule has 0 amide bonds. The van der Waals surface area contributed by atoms with Crippen molar-refractivity contribution in [3.8, 4) is 0 Å². The largest absolute Gasteiger partial charge is 0.314 e. The van der Waals surface area contributed by atoms with Crippen molar-refractivity contribution in [2.45, 2.75) is 52.0 Å². The standard InChI is InChI=1S/C15H23N3S/c1-3-6-16-12-4-5-15(2,9-12)10-13-11-18-7-8-19-14(18)17-13/h7-8,11-12,16H,3-6,9-10H2,1-2H3. The number of nitrogens with zero attached hydrogens (tertiary/aromatic N) is 2. The maximum absolute atomic E-state index is 4.73. The van der Waals surface area contributed by atoms with Crippen LogP contribution in [-0.4, -0.2) is 22.0 Å². The Hall–Kier alpha value is -0.870. The predicted octanol–water partition coefficient (Wildman–Crippen LogP) is 3.50. The number of hydrogen-bond donors (Lipinski definition) is 1. The molecule has 2 aromatic rings. The molecule has 4 heteroatoms. The lowest BCUT2D eigenvalue weighted by Crippen LogP contribution is -2.29. The molecule has 0 radical (unpaired) electrons. The summed E-state index contributed by atoms with van der Waals surface area (Å²) in [4.78, 5) is 5.85. The molecule has 0 aromatic carbocycles. The van der Waals surface area contributed by atoms with Crippen molar-refractivity contribution < 1.29 is 0 Å². The summed E-state index contributed by atoms with van der Waals surface area (Å²) >= 11 is 1.72. The number of imidazole rings is 1. The molecule has 1 N–H and O–H groups in total. The van der Waals surface area contributed by atoms with Gasteiger partial charge in [0.15, 0.2) is 4.96 Å². The summed E-state index contributed by atoms with van der Waals surface area (Å²) in [7, 11) is 0. The molecule has 104 valence electrons. The first-order chi connectivity index (χ1) is 9.18. The lowest BCUT2D eigenvalue weighted by Gasteiger charge is -2.23. The van der Waals surface area contributed by atoms with E-state index in [2.05, 4.69) is 41.3 Å². The highest BCUT2D eigenvalue weighted by Gasteiger charge is 2.35. The second-order valence-corrected chi connectivity index (χ2v) is 7.08. The summed E-state index contributed by atoms with van der Waals surface area (Å²) in [6, 6.07) is 0.716. The van der Waals surface area contributed by atoms with E-state index in [1.54, 1.807) is 11.3 Å². The van der Waals surface area contributed by atoms with Crippen LogP contribution in [0.3, 0.4) is 0 Å². The van der Waals surface area contributed by atoms with Gasteiger partial charge in [-0.15, -0.1) is 11.3 Å². The highest BCUT2D eigenvalue weighted by molar-refractivity contribution is 7.15. The normalized spacial score (nSPS) is 27.4. The zero-order valence-corrected chi connectivity index (χ0v) is 12.7. The van der Waals surface area contributed by atoms with E-state index >= 15 is 0 Å². The van der Waals surface area contributed by atoms with Gasteiger partial charge in [0.2, 0.25) is 0 Å². The van der Waals surface area contributed by atoms with Crippen LogP contribution in [0.15, 0.2) is 17.8 Å². The zero-order chi connectivity index (χ0) is 13.3. The number of fused-ring (bicyclic) bond motifs is 1. The van der Waals surface area contributed by atoms with E-state index in [1.165, 1.54) is 31.4 Å². The molecule has 3 nitrogen and oxygen atoms in total. The molecule has 1 aliphatic rings. The van der Waals surface area contributed by atoms with E-state index < -0.39 is 0 Å². The van der Waals surface area contributed by atoms with E-state index in [0.29, 0.717) is 11.5 Å². The molecule has 3 rings (SSSR count). The number of hydrogen-bond acceptors (Lipinski definition) is 3. The quantitative estimate of drug-likeness (QED) is 0.906. The van der Waals surface area contributed by atoms with E-state index in [1.807, 2.05) is 0 Å². The Bertz CT molecular complexity index is 516. The van der Waals surface area contributed by atoms with Gasteiger partial charge in [0.25, 0.3) is 0 Å². The van der Waals surface area contributed by atoms with Gasteiger partial charge in [0, 0.05) is 23.8 Å². The van der Waals surface area contributed by atoms with E-state index in [4.69, 9.17) is 4.98 Å². The summed E-state index contributed by atoms with van der Waals surface area (Å²) in [5.74, 6) is 0. The third-order valence-corrected chi connectivity index (χ3v) is 5.04. The Kier molecular flexibility index (Phi) is 3.63. The van der Waals surface area contributed by atoms with Crippen molar-refractivity contribution in [3.05, 3.63) is 23.5 Å². The van der Waals surface area contributed by atoms with Crippen LogP contribution in [0.5, 0.6) is 0 Å². The van der Waals surface area contributed by atoms with Crippen molar-refractivity contribution >= 4 is 16.3 Å². The fraction of sp³-hybridized carbons (Fsp3) is 0.667. The average Bonchev–Trinajstić information content (AvgIpc) is 3.02.